The summed E-state index contributed by atoms with van der Waals surface area (Å²) in [5, 5.41) is 1.49. The fourth-order valence-corrected chi connectivity index (χ4v) is 2.06. The average Bonchev–Trinajstić information content (AvgIpc) is 2.27. The third-order valence-electron chi connectivity index (χ3n) is 2.29. The van der Waals surface area contributed by atoms with Gasteiger partial charge in [0.1, 0.15) is 0 Å². The predicted molar refractivity (Wildman–Crippen MR) is 71.3 cm³/mol. The van der Waals surface area contributed by atoms with Crippen LogP contribution in [0.4, 0.5) is 5.69 Å². The van der Waals surface area contributed by atoms with E-state index in [1.807, 2.05) is 24.3 Å². The number of hydrogen-bond acceptors (Lipinski definition) is 1. The van der Waals surface area contributed by atoms with Gasteiger partial charge in [0.2, 0.25) is 0 Å². The molecule has 2 aromatic carbocycles. The number of para-hydroxylation sites is 1. The van der Waals surface area contributed by atoms with Crippen LogP contribution in [-0.4, -0.2) is 0 Å². The molecule has 2 aromatic rings. The van der Waals surface area contributed by atoms with Crippen molar-refractivity contribution in [2.45, 2.75) is 0 Å². The molecule has 2 N–H and O–H groups in total. The van der Waals surface area contributed by atoms with Crippen molar-refractivity contribution in [2.24, 2.45) is 0 Å². The van der Waals surface area contributed by atoms with Crippen molar-refractivity contribution in [1.29, 1.82) is 0 Å². The molecular weight excluding hydrogens is 264 g/mol. The molecular formula is C12H8Cl3N. The van der Waals surface area contributed by atoms with E-state index in [1.54, 1.807) is 12.1 Å². The largest absolute Gasteiger partial charge is 0.397 e. The quantitative estimate of drug-likeness (QED) is 0.734. The third kappa shape index (κ3) is 1.99. The summed E-state index contributed by atoms with van der Waals surface area (Å²) in [5.41, 5.74) is 7.99. The van der Waals surface area contributed by atoms with Gasteiger partial charge in [-0.1, -0.05) is 59.1 Å². The molecule has 0 aliphatic carbocycles. The molecule has 0 atom stereocenters. The Labute approximate surface area is 109 Å². The molecule has 2 rings (SSSR count). The topological polar surface area (TPSA) is 26.0 Å². The van der Waals surface area contributed by atoms with Gasteiger partial charge in [0.15, 0.2) is 0 Å². The van der Waals surface area contributed by atoms with Gasteiger partial charge >= 0.3 is 0 Å². The first-order valence-corrected chi connectivity index (χ1v) is 5.73. The van der Waals surface area contributed by atoms with Crippen LogP contribution in [0.1, 0.15) is 0 Å². The monoisotopic (exact) mass is 271 g/mol. The molecule has 82 valence electrons. The Kier molecular flexibility index (Phi) is 3.29. The fourth-order valence-electron chi connectivity index (χ4n) is 1.48. The van der Waals surface area contributed by atoms with Crippen LogP contribution in [-0.2, 0) is 0 Å². The normalized spacial score (nSPS) is 10.4. The van der Waals surface area contributed by atoms with Gasteiger partial charge in [0.25, 0.3) is 0 Å². The average molecular weight is 273 g/mol. The van der Waals surface area contributed by atoms with Crippen molar-refractivity contribution in [3.8, 4) is 11.1 Å². The maximum Gasteiger partial charge on any atom is 0.0671 e. The molecule has 0 amide bonds. The van der Waals surface area contributed by atoms with Gasteiger partial charge in [-0.3, -0.25) is 0 Å². The lowest BCUT2D eigenvalue weighted by Gasteiger charge is -2.09. The van der Waals surface area contributed by atoms with Crippen LogP contribution < -0.4 is 5.73 Å². The second-order valence-electron chi connectivity index (χ2n) is 3.30. The molecule has 0 spiro atoms. The Bertz CT molecular complexity index is 488. The van der Waals surface area contributed by atoms with Crippen molar-refractivity contribution in [3.63, 3.8) is 0 Å². The van der Waals surface area contributed by atoms with Crippen molar-refractivity contribution in [3.05, 3.63) is 51.5 Å². The standard InChI is InChI=1S/C12H8Cl3N/c13-9-5-1-3-7(11(9)15)8-4-2-6-10(14)12(8)16/h1-6H,16H2. The number of nitrogen functional groups attached to an aromatic ring is 1. The summed E-state index contributed by atoms with van der Waals surface area (Å²) < 4.78 is 0. The zero-order valence-corrected chi connectivity index (χ0v) is 10.4. The van der Waals surface area contributed by atoms with Gasteiger partial charge in [0, 0.05) is 11.1 Å². The van der Waals surface area contributed by atoms with Crippen LogP contribution in [0.15, 0.2) is 36.4 Å². The first-order valence-electron chi connectivity index (χ1n) is 4.59. The highest BCUT2D eigenvalue weighted by atomic mass is 35.5. The van der Waals surface area contributed by atoms with Crippen LogP contribution in [0.25, 0.3) is 11.1 Å². The molecule has 0 bridgehead atoms. The molecule has 0 saturated heterocycles. The van der Waals surface area contributed by atoms with Gasteiger partial charge in [-0.2, -0.15) is 0 Å². The molecule has 0 unspecified atom stereocenters. The van der Waals surface area contributed by atoms with Gasteiger partial charge in [0.05, 0.1) is 20.8 Å². The Morgan fingerprint density at radius 1 is 0.750 bits per heavy atom. The van der Waals surface area contributed by atoms with Crippen molar-refractivity contribution < 1.29 is 0 Å². The highest BCUT2D eigenvalue weighted by Crippen LogP contribution is 2.38. The lowest BCUT2D eigenvalue weighted by molar-refractivity contribution is 1.61. The molecule has 0 aromatic heterocycles. The van der Waals surface area contributed by atoms with Gasteiger partial charge < -0.3 is 5.73 Å². The van der Waals surface area contributed by atoms with Crippen molar-refractivity contribution >= 4 is 40.5 Å². The SMILES string of the molecule is Nc1c(Cl)cccc1-c1cccc(Cl)c1Cl. The van der Waals surface area contributed by atoms with E-state index in [0.29, 0.717) is 20.8 Å². The minimum absolute atomic E-state index is 0.484. The third-order valence-corrected chi connectivity index (χ3v) is 3.44. The highest BCUT2D eigenvalue weighted by Gasteiger charge is 2.10. The summed E-state index contributed by atoms with van der Waals surface area (Å²) in [6.45, 7) is 0. The van der Waals surface area contributed by atoms with Crippen LogP contribution in [0, 0.1) is 0 Å². The fraction of sp³-hybridized carbons (Fsp3) is 0. The van der Waals surface area contributed by atoms with Gasteiger partial charge in [-0.25, -0.2) is 0 Å². The Hall–Kier alpha value is -0.890. The zero-order valence-electron chi connectivity index (χ0n) is 8.18. The smallest absolute Gasteiger partial charge is 0.0671 e. The van der Waals surface area contributed by atoms with Crippen LogP contribution in [0.3, 0.4) is 0 Å². The van der Waals surface area contributed by atoms with E-state index < -0.39 is 0 Å². The first-order chi connectivity index (χ1) is 7.61. The van der Waals surface area contributed by atoms with Gasteiger partial charge in [-0.15, -0.1) is 0 Å². The molecule has 0 aliphatic rings. The van der Waals surface area contributed by atoms with Crippen LogP contribution >= 0.6 is 34.8 Å². The number of benzene rings is 2. The number of anilines is 1. The molecule has 0 fully saturated rings. The highest BCUT2D eigenvalue weighted by molar-refractivity contribution is 6.44. The van der Waals surface area contributed by atoms with Gasteiger partial charge in [-0.05, 0) is 12.1 Å². The second-order valence-corrected chi connectivity index (χ2v) is 4.49. The zero-order chi connectivity index (χ0) is 11.7. The molecule has 0 saturated carbocycles. The maximum absolute atomic E-state index is 6.12. The molecule has 1 nitrogen and oxygen atoms in total. The molecule has 0 aliphatic heterocycles. The van der Waals surface area contributed by atoms with E-state index in [9.17, 15) is 0 Å². The maximum atomic E-state index is 6.12. The summed E-state index contributed by atoms with van der Waals surface area (Å²) in [7, 11) is 0. The number of rotatable bonds is 1. The summed E-state index contributed by atoms with van der Waals surface area (Å²) in [6.07, 6.45) is 0. The van der Waals surface area contributed by atoms with E-state index in [0.717, 1.165) is 11.1 Å². The summed E-state index contributed by atoms with van der Waals surface area (Å²) in [4.78, 5) is 0. The Morgan fingerprint density at radius 2 is 1.31 bits per heavy atom. The summed E-state index contributed by atoms with van der Waals surface area (Å²) >= 11 is 18.0. The van der Waals surface area contributed by atoms with E-state index in [2.05, 4.69) is 0 Å². The lowest BCUT2D eigenvalue weighted by atomic mass is 10.0. The minimum Gasteiger partial charge on any atom is -0.397 e. The minimum atomic E-state index is 0.484. The van der Waals surface area contributed by atoms with Crippen LogP contribution in [0.5, 0.6) is 0 Å². The summed E-state index contributed by atoms with van der Waals surface area (Å²) in [6, 6.07) is 10.8. The number of halogens is 3. The molecule has 0 radical (unpaired) electrons. The number of hydrogen-bond donors (Lipinski definition) is 1. The van der Waals surface area contributed by atoms with Crippen molar-refractivity contribution in [2.75, 3.05) is 5.73 Å². The lowest BCUT2D eigenvalue weighted by Crippen LogP contribution is -1.91. The summed E-state index contributed by atoms with van der Waals surface area (Å²) in [5.74, 6) is 0. The number of nitrogens with two attached hydrogens (primary N) is 1. The first kappa shape index (κ1) is 11.6. The Balaban J connectivity index is 2.68. The molecule has 0 heterocycles. The van der Waals surface area contributed by atoms with E-state index in [4.69, 9.17) is 40.5 Å². The van der Waals surface area contributed by atoms with Crippen molar-refractivity contribution in [1.82, 2.24) is 0 Å². The second kappa shape index (κ2) is 4.54. The molecule has 16 heavy (non-hydrogen) atoms. The Morgan fingerprint density at radius 3 is 2.00 bits per heavy atom. The van der Waals surface area contributed by atoms with E-state index in [-0.39, 0.29) is 0 Å². The van der Waals surface area contributed by atoms with E-state index >= 15 is 0 Å². The van der Waals surface area contributed by atoms with E-state index in [1.165, 1.54) is 0 Å². The predicted octanol–water partition coefficient (Wildman–Crippen LogP) is 4.90. The molecule has 4 heteroatoms. The van der Waals surface area contributed by atoms with Crippen LogP contribution in [0.2, 0.25) is 15.1 Å².